The van der Waals surface area contributed by atoms with Crippen molar-refractivity contribution in [3.8, 4) is 11.1 Å². The lowest BCUT2D eigenvalue weighted by atomic mass is 9.98. The van der Waals surface area contributed by atoms with Crippen molar-refractivity contribution in [2.75, 3.05) is 30.0 Å². The van der Waals surface area contributed by atoms with Crippen LogP contribution in [0.3, 0.4) is 0 Å². The molecule has 3 N–H and O–H groups in total. The number of hydrogen-bond acceptors (Lipinski definition) is 6. The number of carbonyl (C=O) groups is 3. The number of rotatable bonds is 9. The van der Waals surface area contributed by atoms with Gasteiger partial charge in [0.15, 0.2) is 5.82 Å². The number of carboxylic acid groups (broad SMARTS) is 1. The molecule has 4 rings (SSSR count). The van der Waals surface area contributed by atoms with Crippen molar-refractivity contribution in [1.82, 2.24) is 15.1 Å². The number of aryl methyl sites for hydroxylation is 1. The summed E-state index contributed by atoms with van der Waals surface area (Å²) >= 11 is 1.21. The van der Waals surface area contributed by atoms with Crippen LogP contribution < -0.4 is 10.6 Å². The van der Waals surface area contributed by atoms with Gasteiger partial charge in [-0.3, -0.25) is 19.6 Å². The highest BCUT2D eigenvalue weighted by molar-refractivity contribution is 7.99. The van der Waals surface area contributed by atoms with Crippen LogP contribution >= 0.6 is 11.8 Å². The topological polar surface area (TPSA) is 123 Å². The van der Waals surface area contributed by atoms with Crippen LogP contribution in [-0.2, 0) is 16.6 Å². The maximum Gasteiger partial charge on any atom is 0.412 e. The van der Waals surface area contributed by atoms with E-state index < -0.39 is 12.1 Å². The fourth-order valence-corrected chi connectivity index (χ4v) is 4.53. The quantitative estimate of drug-likeness (QED) is 0.402. The number of aliphatic carboxylic acids is 1. The maximum atomic E-state index is 12.4. The van der Waals surface area contributed by atoms with Gasteiger partial charge in [0.1, 0.15) is 12.3 Å². The molecule has 0 spiro atoms. The van der Waals surface area contributed by atoms with E-state index in [-0.39, 0.29) is 35.7 Å². The van der Waals surface area contributed by atoms with Gasteiger partial charge in [-0.1, -0.05) is 48.5 Å². The third kappa shape index (κ3) is 5.23. The highest BCUT2D eigenvalue weighted by Crippen LogP contribution is 2.44. The van der Waals surface area contributed by atoms with Crippen LogP contribution in [0.2, 0.25) is 0 Å². The molecule has 0 atom stereocenters. The minimum atomic E-state index is -0.896. The third-order valence-electron chi connectivity index (χ3n) is 5.44. The number of carbonyl (C=O) groups excluding carboxylic acids is 2. The molecule has 176 valence electrons. The minimum Gasteiger partial charge on any atom is -0.481 e. The van der Waals surface area contributed by atoms with E-state index in [4.69, 9.17) is 9.84 Å². The summed E-state index contributed by atoms with van der Waals surface area (Å²) < 4.78 is 6.87. The van der Waals surface area contributed by atoms with Crippen molar-refractivity contribution in [3.63, 3.8) is 0 Å². The average Bonchev–Trinajstić information content (AvgIpc) is 3.34. The molecule has 2 aromatic carbocycles. The molecule has 2 amide bonds. The van der Waals surface area contributed by atoms with Gasteiger partial charge in [-0.05, 0) is 22.3 Å². The van der Waals surface area contributed by atoms with E-state index in [1.54, 1.807) is 7.05 Å². The van der Waals surface area contributed by atoms with Crippen LogP contribution in [0.4, 0.5) is 10.6 Å². The van der Waals surface area contributed by atoms with E-state index in [0.717, 1.165) is 22.3 Å². The van der Waals surface area contributed by atoms with Gasteiger partial charge in [-0.15, -0.1) is 11.8 Å². The first-order valence-electron chi connectivity index (χ1n) is 10.7. The average molecular weight is 481 g/mol. The molecule has 1 aliphatic rings. The number of ether oxygens (including phenoxy) is 1. The van der Waals surface area contributed by atoms with Gasteiger partial charge >= 0.3 is 12.1 Å². The van der Waals surface area contributed by atoms with Crippen molar-refractivity contribution in [2.24, 2.45) is 7.05 Å². The number of nitrogens with one attached hydrogen (secondary N) is 2. The molecule has 0 fully saturated rings. The number of amides is 2. The Morgan fingerprint density at radius 1 is 1.09 bits per heavy atom. The van der Waals surface area contributed by atoms with Crippen LogP contribution in [0.1, 0.15) is 27.5 Å². The molecule has 1 aliphatic carbocycles. The normalized spacial score (nSPS) is 12.0. The Bertz CT molecular complexity index is 1180. The number of carboxylic acids is 1. The van der Waals surface area contributed by atoms with Crippen LogP contribution in [0.15, 0.2) is 54.6 Å². The first kappa shape index (κ1) is 23.4. The van der Waals surface area contributed by atoms with Crippen molar-refractivity contribution in [1.29, 1.82) is 0 Å². The zero-order valence-corrected chi connectivity index (χ0v) is 19.3. The van der Waals surface area contributed by atoms with Gasteiger partial charge in [0, 0.05) is 31.3 Å². The van der Waals surface area contributed by atoms with E-state index in [1.807, 2.05) is 36.4 Å². The molecule has 34 heavy (non-hydrogen) atoms. The fraction of sp³-hybridized carbons (Fsp3) is 0.250. The molecule has 0 bridgehead atoms. The van der Waals surface area contributed by atoms with E-state index in [2.05, 4.69) is 27.9 Å². The molecule has 0 radical (unpaired) electrons. The van der Waals surface area contributed by atoms with Gasteiger partial charge in [0.2, 0.25) is 0 Å². The van der Waals surface area contributed by atoms with E-state index in [9.17, 15) is 14.4 Å². The van der Waals surface area contributed by atoms with E-state index >= 15 is 0 Å². The molecule has 1 heterocycles. The summed E-state index contributed by atoms with van der Waals surface area (Å²) in [6, 6.07) is 17.6. The predicted octanol–water partition coefficient (Wildman–Crippen LogP) is 3.33. The second-order valence-electron chi connectivity index (χ2n) is 7.69. The number of fused-ring (bicyclic) bond motifs is 3. The molecule has 1 aromatic heterocycles. The lowest BCUT2D eigenvalue weighted by Gasteiger charge is -2.14. The Balaban J connectivity index is 1.32. The first-order valence-corrected chi connectivity index (χ1v) is 11.8. The number of anilines is 1. The Kier molecular flexibility index (Phi) is 7.17. The van der Waals surface area contributed by atoms with Crippen LogP contribution in [0.5, 0.6) is 0 Å². The summed E-state index contributed by atoms with van der Waals surface area (Å²) in [7, 11) is 1.59. The van der Waals surface area contributed by atoms with Crippen molar-refractivity contribution in [3.05, 3.63) is 71.4 Å². The maximum absolute atomic E-state index is 12.4. The van der Waals surface area contributed by atoms with E-state index in [1.165, 1.54) is 22.5 Å². The lowest BCUT2D eigenvalue weighted by Crippen LogP contribution is -2.27. The lowest BCUT2D eigenvalue weighted by molar-refractivity contribution is -0.133. The molecular formula is C24H24N4O5S. The smallest absolute Gasteiger partial charge is 0.412 e. The van der Waals surface area contributed by atoms with Crippen LogP contribution in [-0.4, -0.2) is 57.5 Å². The summed E-state index contributed by atoms with van der Waals surface area (Å²) in [5, 5.41) is 18.1. The molecule has 9 nitrogen and oxygen atoms in total. The molecule has 0 saturated carbocycles. The first-order chi connectivity index (χ1) is 16.4. The van der Waals surface area contributed by atoms with Gasteiger partial charge in [-0.2, -0.15) is 5.10 Å². The summed E-state index contributed by atoms with van der Waals surface area (Å²) in [6.07, 6.45) is -0.656. The molecule has 10 heteroatoms. The Morgan fingerprint density at radius 3 is 2.38 bits per heavy atom. The molecule has 0 unspecified atom stereocenters. The molecule has 3 aromatic rings. The Morgan fingerprint density at radius 2 is 1.74 bits per heavy atom. The second kappa shape index (κ2) is 10.4. The van der Waals surface area contributed by atoms with Crippen LogP contribution in [0, 0.1) is 0 Å². The highest BCUT2D eigenvalue weighted by atomic mass is 32.2. The zero-order chi connectivity index (χ0) is 24.1. The SMILES string of the molecule is Cn1nc(NC(=O)OCC2c3ccccc3-c3ccccc32)cc1C(=O)NCCSCC(=O)O. The monoisotopic (exact) mass is 480 g/mol. The van der Waals surface area contributed by atoms with Gasteiger partial charge in [-0.25, -0.2) is 4.79 Å². The minimum absolute atomic E-state index is 0.0181. The number of thioether (sulfide) groups is 1. The highest BCUT2D eigenvalue weighted by Gasteiger charge is 2.29. The standard InChI is InChI=1S/C24H24N4O5S/c1-28-20(23(31)25-10-11-34-14-22(29)30)12-21(27-28)26-24(32)33-13-19-17-8-4-2-6-15(17)16-7-3-5-9-18(16)19/h2-9,12,19H,10-11,13-14H2,1H3,(H,25,31)(H,29,30)(H,26,27,32). The zero-order valence-electron chi connectivity index (χ0n) is 18.5. The van der Waals surface area contributed by atoms with Gasteiger partial charge in [0.25, 0.3) is 5.91 Å². The van der Waals surface area contributed by atoms with Crippen molar-refractivity contribution < 1.29 is 24.2 Å². The summed E-state index contributed by atoms with van der Waals surface area (Å²) in [4.78, 5) is 35.3. The molecule has 0 aliphatic heterocycles. The molecular weight excluding hydrogens is 456 g/mol. The number of nitrogens with zero attached hydrogens (tertiary/aromatic N) is 2. The summed E-state index contributed by atoms with van der Waals surface area (Å²) in [6.45, 7) is 0.491. The summed E-state index contributed by atoms with van der Waals surface area (Å²) in [5.41, 5.74) is 4.80. The van der Waals surface area contributed by atoms with Crippen LogP contribution in [0.25, 0.3) is 11.1 Å². The van der Waals surface area contributed by atoms with Gasteiger partial charge < -0.3 is 15.2 Å². The van der Waals surface area contributed by atoms with Crippen molar-refractivity contribution in [2.45, 2.75) is 5.92 Å². The largest absolute Gasteiger partial charge is 0.481 e. The Hall–Kier alpha value is -3.79. The Labute approximate surface area is 200 Å². The third-order valence-corrected chi connectivity index (χ3v) is 6.39. The molecule has 0 saturated heterocycles. The number of aromatic nitrogens is 2. The van der Waals surface area contributed by atoms with Gasteiger partial charge in [0.05, 0.1) is 5.75 Å². The second-order valence-corrected chi connectivity index (χ2v) is 8.80. The fourth-order valence-electron chi connectivity index (χ4n) is 3.97. The number of benzene rings is 2. The van der Waals surface area contributed by atoms with Crippen molar-refractivity contribution >= 4 is 35.5 Å². The summed E-state index contributed by atoms with van der Waals surface area (Å²) in [5.74, 6) is -0.665. The predicted molar refractivity (Wildman–Crippen MR) is 129 cm³/mol. The number of hydrogen-bond donors (Lipinski definition) is 3. The van der Waals surface area contributed by atoms with E-state index in [0.29, 0.717) is 12.3 Å².